The van der Waals surface area contributed by atoms with Gasteiger partial charge in [0.15, 0.2) is 16.8 Å². The molecule has 4 aromatic rings. The predicted molar refractivity (Wildman–Crippen MR) is 129 cm³/mol. The lowest BCUT2D eigenvalue weighted by molar-refractivity contribution is 0.102. The molecule has 1 N–H and O–H groups in total. The Balaban J connectivity index is 1.52. The summed E-state index contributed by atoms with van der Waals surface area (Å²) in [5, 5.41) is 11.0. The second kappa shape index (κ2) is 10.2. The van der Waals surface area contributed by atoms with E-state index in [1.807, 2.05) is 42.5 Å². The molecule has 0 unspecified atom stereocenters. The van der Waals surface area contributed by atoms with Crippen LogP contribution in [-0.4, -0.2) is 31.3 Å². The molecule has 0 aliphatic rings. The Morgan fingerprint density at radius 2 is 1.88 bits per heavy atom. The van der Waals surface area contributed by atoms with Crippen LogP contribution in [0.2, 0.25) is 5.02 Å². The number of aromatic nitrogens is 4. The maximum Gasteiger partial charge on any atom is 0.192 e. The van der Waals surface area contributed by atoms with E-state index in [1.54, 1.807) is 12.3 Å². The molecule has 0 aliphatic carbocycles. The van der Waals surface area contributed by atoms with Gasteiger partial charge in [0.05, 0.1) is 10.8 Å². The van der Waals surface area contributed by atoms with E-state index in [0.717, 1.165) is 34.7 Å². The Kier molecular flexibility index (Phi) is 7.17. The van der Waals surface area contributed by atoms with Crippen molar-refractivity contribution in [3.63, 3.8) is 0 Å². The summed E-state index contributed by atoms with van der Waals surface area (Å²) in [6.45, 7) is 4.53. The van der Waals surface area contributed by atoms with Crippen molar-refractivity contribution in [3.05, 3.63) is 71.1 Å². The highest BCUT2D eigenvalue weighted by atomic mass is 35.5. The molecule has 166 valence electrons. The second-order valence-electron chi connectivity index (χ2n) is 7.42. The third-order valence-corrected chi connectivity index (χ3v) is 6.71. The maximum absolute atomic E-state index is 12.9. The van der Waals surface area contributed by atoms with E-state index in [2.05, 4.69) is 33.6 Å². The molecule has 2 aromatic carbocycles. The van der Waals surface area contributed by atoms with Gasteiger partial charge < -0.3 is 14.3 Å². The number of hydrogen-bond acceptors (Lipinski definition) is 5. The Bertz CT molecular complexity index is 1220. The van der Waals surface area contributed by atoms with Gasteiger partial charge in [-0.15, -0.1) is 10.2 Å². The Morgan fingerprint density at radius 1 is 1.12 bits per heavy atom. The summed E-state index contributed by atoms with van der Waals surface area (Å²) < 4.78 is 8.01. The lowest BCUT2D eigenvalue weighted by Crippen LogP contribution is -2.15. The van der Waals surface area contributed by atoms with Crippen molar-refractivity contribution in [2.24, 2.45) is 0 Å². The molecule has 2 aromatic heterocycles. The van der Waals surface area contributed by atoms with Crippen LogP contribution in [0.1, 0.15) is 48.9 Å². The molecule has 8 heteroatoms. The first-order valence-corrected chi connectivity index (χ1v) is 12.0. The number of para-hydroxylation sites is 2. The molecule has 0 saturated heterocycles. The number of aromatic amines is 1. The highest BCUT2D eigenvalue weighted by Gasteiger charge is 2.21. The van der Waals surface area contributed by atoms with Gasteiger partial charge in [-0.05, 0) is 31.0 Å². The summed E-state index contributed by atoms with van der Waals surface area (Å²) >= 11 is 7.63. The minimum absolute atomic E-state index is 0.0559. The van der Waals surface area contributed by atoms with Crippen LogP contribution < -0.4 is 4.74 Å². The van der Waals surface area contributed by atoms with Gasteiger partial charge in [-0.1, -0.05) is 67.5 Å². The zero-order valence-corrected chi connectivity index (χ0v) is 19.6. The number of ketones is 1. The normalized spacial score (nSPS) is 11.4. The lowest BCUT2D eigenvalue weighted by atomic mass is 10.1. The summed E-state index contributed by atoms with van der Waals surface area (Å²) in [5.74, 6) is 1.67. The minimum atomic E-state index is 0.0559. The lowest BCUT2D eigenvalue weighted by Gasteiger charge is -2.19. The number of Topliss-reactive ketones (excluding diaryl/α,β-unsaturated/α-hetero) is 1. The van der Waals surface area contributed by atoms with Crippen LogP contribution in [0.25, 0.3) is 10.9 Å². The Hall–Kier alpha value is -2.77. The van der Waals surface area contributed by atoms with Gasteiger partial charge in [0.1, 0.15) is 12.4 Å². The molecular formula is C24H25ClN4O2S. The average molecular weight is 469 g/mol. The van der Waals surface area contributed by atoms with Crippen molar-refractivity contribution in [3.8, 4) is 5.75 Å². The monoisotopic (exact) mass is 468 g/mol. The zero-order chi connectivity index (χ0) is 22.5. The second-order valence-corrected chi connectivity index (χ2v) is 8.77. The smallest absolute Gasteiger partial charge is 0.192 e. The molecule has 4 rings (SSSR count). The first kappa shape index (κ1) is 22.4. The molecule has 0 atom stereocenters. The summed E-state index contributed by atoms with van der Waals surface area (Å²) in [5.41, 5.74) is 1.66. The van der Waals surface area contributed by atoms with Crippen LogP contribution in [0.4, 0.5) is 0 Å². The molecule has 0 spiro atoms. The fourth-order valence-electron chi connectivity index (χ4n) is 3.74. The number of carbonyl (C=O) groups is 1. The topological polar surface area (TPSA) is 72.8 Å². The van der Waals surface area contributed by atoms with E-state index < -0.39 is 0 Å². The van der Waals surface area contributed by atoms with Gasteiger partial charge in [0.2, 0.25) is 0 Å². The van der Waals surface area contributed by atoms with E-state index in [4.69, 9.17) is 16.3 Å². The van der Waals surface area contributed by atoms with E-state index in [0.29, 0.717) is 16.3 Å². The van der Waals surface area contributed by atoms with E-state index in [9.17, 15) is 4.79 Å². The number of nitrogens with zero attached hydrogens (tertiary/aromatic N) is 3. The highest BCUT2D eigenvalue weighted by Crippen LogP contribution is 2.29. The molecule has 32 heavy (non-hydrogen) atoms. The Morgan fingerprint density at radius 3 is 2.66 bits per heavy atom. The number of benzene rings is 2. The van der Waals surface area contributed by atoms with Gasteiger partial charge in [0.25, 0.3) is 0 Å². The molecule has 0 amide bonds. The summed E-state index contributed by atoms with van der Waals surface area (Å²) in [6, 6.07) is 15.4. The Labute approximate surface area is 196 Å². The highest BCUT2D eigenvalue weighted by molar-refractivity contribution is 7.99. The van der Waals surface area contributed by atoms with Gasteiger partial charge in [-0.3, -0.25) is 4.79 Å². The van der Waals surface area contributed by atoms with Crippen molar-refractivity contribution in [2.45, 2.75) is 44.5 Å². The van der Waals surface area contributed by atoms with E-state index >= 15 is 0 Å². The SMILES string of the molecule is CCC(CC)n1c(COc2ccccc2Cl)nnc1SCC(=O)c1c[nH]c2ccccc12. The number of H-pyrrole nitrogens is 1. The molecule has 2 heterocycles. The van der Waals surface area contributed by atoms with Gasteiger partial charge in [0, 0.05) is 28.7 Å². The van der Waals surface area contributed by atoms with Crippen LogP contribution in [0.5, 0.6) is 5.75 Å². The quantitative estimate of drug-likeness (QED) is 0.217. The molecule has 0 aliphatic heterocycles. The fraction of sp³-hybridized carbons (Fsp3) is 0.292. The number of ether oxygens (including phenoxy) is 1. The van der Waals surface area contributed by atoms with Crippen LogP contribution in [0, 0.1) is 0 Å². The minimum Gasteiger partial charge on any atom is -0.484 e. The average Bonchev–Trinajstić information content (AvgIpc) is 3.42. The van der Waals surface area contributed by atoms with E-state index in [1.165, 1.54) is 11.8 Å². The maximum atomic E-state index is 12.9. The van der Waals surface area contributed by atoms with Crippen molar-refractivity contribution in [2.75, 3.05) is 5.75 Å². The summed E-state index contributed by atoms with van der Waals surface area (Å²) in [4.78, 5) is 16.1. The predicted octanol–water partition coefficient (Wildman–Crippen LogP) is 6.33. The van der Waals surface area contributed by atoms with Gasteiger partial charge in [-0.25, -0.2) is 0 Å². The number of hydrogen-bond donors (Lipinski definition) is 1. The van der Waals surface area contributed by atoms with Gasteiger partial charge in [-0.2, -0.15) is 0 Å². The molecule has 0 radical (unpaired) electrons. The van der Waals surface area contributed by atoms with Gasteiger partial charge >= 0.3 is 0 Å². The van der Waals surface area contributed by atoms with Crippen molar-refractivity contribution in [1.29, 1.82) is 0 Å². The van der Waals surface area contributed by atoms with E-state index in [-0.39, 0.29) is 24.2 Å². The van der Waals surface area contributed by atoms with Crippen LogP contribution in [0.15, 0.2) is 59.9 Å². The molecule has 0 bridgehead atoms. The standard InChI is InChI=1S/C24H25ClN4O2S/c1-3-16(4-2)29-23(14-31-22-12-8-6-10-19(22)25)27-28-24(29)32-15-21(30)18-13-26-20-11-7-5-9-17(18)20/h5-13,16,26H,3-4,14-15H2,1-2H3. The fourth-order valence-corrected chi connectivity index (χ4v) is 4.84. The van der Waals surface area contributed by atoms with Crippen LogP contribution in [-0.2, 0) is 6.61 Å². The largest absolute Gasteiger partial charge is 0.484 e. The summed E-state index contributed by atoms with van der Waals surface area (Å²) in [6.07, 6.45) is 3.64. The number of fused-ring (bicyclic) bond motifs is 1. The molecule has 0 fully saturated rings. The number of rotatable bonds is 10. The first-order valence-electron chi connectivity index (χ1n) is 10.7. The zero-order valence-electron chi connectivity index (χ0n) is 18.0. The van der Waals surface area contributed by atoms with Crippen molar-refractivity contribution in [1.82, 2.24) is 19.7 Å². The molecular weight excluding hydrogens is 444 g/mol. The third-order valence-electron chi connectivity index (χ3n) is 5.46. The van der Waals surface area contributed by atoms with Crippen molar-refractivity contribution < 1.29 is 9.53 Å². The van der Waals surface area contributed by atoms with Crippen LogP contribution in [0.3, 0.4) is 0 Å². The molecule has 6 nitrogen and oxygen atoms in total. The van der Waals surface area contributed by atoms with Crippen LogP contribution >= 0.6 is 23.4 Å². The summed E-state index contributed by atoms with van der Waals surface area (Å²) in [7, 11) is 0. The number of thioether (sulfide) groups is 1. The van der Waals surface area contributed by atoms with Crippen molar-refractivity contribution >= 4 is 40.0 Å². The number of halogens is 1. The number of nitrogens with one attached hydrogen (secondary N) is 1. The third kappa shape index (κ3) is 4.69. The molecule has 0 saturated carbocycles. The number of carbonyl (C=O) groups excluding carboxylic acids is 1. The first-order chi connectivity index (χ1) is 15.6.